The first kappa shape index (κ1) is 16.1. The predicted octanol–water partition coefficient (Wildman–Crippen LogP) is 5.90. The molecule has 0 amide bonds. The third-order valence-corrected chi connectivity index (χ3v) is 6.30. The summed E-state index contributed by atoms with van der Waals surface area (Å²) >= 11 is 0. The van der Waals surface area contributed by atoms with Crippen LogP contribution in [0.1, 0.15) is 35.6 Å². The van der Waals surface area contributed by atoms with E-state index in [4.69, 9.17) is 5.73 Å². The van der Waals surface area contributed by atoms with E-state index in [1.54, 1.807) is 0 Å². The summed E-state index contributed by atoms with van der Waals surface area (Å²) in [6.07, 6.45) is 3.13. The average molecular weight is 349 g/mol. The summed E-state index contributed by atoms with van der Waals surface area (Å²) in [5.74, 6) is 0.333. The number of rotatable bonds is 2. The maximum Gasteiger partial charge on any atom is 0.0538 e. The van der Waals surface area contributed by atoms with Gasteiger partial charge in [-0.05, 0) is 51.5 Å². The molecule has 27 heavy (non-hydrogen) atoms. The van der Waals surface area contributed by atoms with Crippen molar-refractivity contribution in [1.29, 1.82) is 0 Å². The number of fused-ring (bicyclic) bond motifs is 7. The molecule has 1 atom stereocenters. The van der Waals surface area contributed by atoms with E-state index in [2.05, 4.69) is 92.4 Å². The lowest BCUT2D eigenvalue weighted by atomic mass is 9.66. The van der Waals surface area contributed by atoms with Gasteiger partial charge in [-0.1, -0.05) is 86.3 Å². The molecule has 2 aliphatic carbocycles. The van der Waals surface area contributed by atoms with Crippen LogP contribution in [0.15, 0.2) is 91.1 Å². The molecule has 0 saturated carbocycles. The molecule has 1 spiro atoms. The summed E-state index contributed by atoms with van der Waals surface area (Å²) in [4.78, 5) is 0. The molecule has 0 saturated heterocycles. The molecule has 0 bridgehead atoms. The van der Waals surface area contributed by atoms with Gasteiger partial charge in [-0.3, -0.25) is 0 Å². The largest absolute Gasteiger partial charge is 0.399 e. The minimum absolute atomic E-state index is 0.153. The number of hydrogen-bond acceptors (Lipinski definition) is 1. The summed E-state index contributed by atoms with van der Waals surface area (Å²) in [6.45, 7) is 6.25. The van der Waals surface area contributed by atoms with Crippen molar-refractivity contribution in [3.05, 3.63) is 113 Å². The van der Waals surface area contributed by atoms with Gasteiger partial charge < -0.3 is 5.73 Å². The van der Waals surface area contributed by atoms with Crippen molar-refractivity contribution >= 4 is 5.57 Å². The SMILES string of the molecule is C=C(N)/C=C1/c2ccccc2C2(c3ccccc3-c3ccccc32)C1CC. The monoisotopic (exact) mass is 349 g/mol. The second kappa shape index (κ2) is 5.72. The lowest BCUT2D eigenvalue weighted by Gasteiger charge is -2.35. The van der Waals surface area contributed by atoms with Gasteiger partial charge in [0.2, 0.25) is 0 Å². The van der Waals surface area contributed by atoms with Crippen LogP contribution in [0.2, 0.25) is 0 Å². The standard InChI is InChI=1S/C26H23N/c1-3-22-21(16-17(2)27)20-12-6-9-15-25(20)26(22)23-13-7-4-10-18(23)19-11-5-8-14-24(19)26/h4-16,22H,2-3,27H2,1H3/b21-16-. The molecule has 3 aromatic rings. The Hall–Kier alpha value is -3.06. The highest BCUT2D eigenvalue weighted by atomic mass is 14.6. The molecule has 2 N–H and O–H groups in total. The topological polar surface area (TPSA) is 26.0 Å². The van der Waals surface area contributed by atoms with E-state index in [9.17, 15) is 0 Å². The smallest absolute Gasteiger partial charge is 0.0538 e. The number of hydrogen-bond donors (Lipinski definition) is 1. The molecule has 1 nitrogen and oxygen atoms in total. The van der Waals surface area contributed by atoms with Gasteiger partial charge in [0, 0.05) is 11.6 Å². The summed E-state index contributed by atoms with van der Waals surface area (Å²) in [5, 5.41) is 0. The maximum atomic E-state index is 6.05. The highest BCUT2D eigenvalue weighted by Crippen LogP contribution is 2.64. The van der Waals surface area contributed by atoms with E-state index in [1.807, 2.05) is 0 Å². The molecule has 3 aromatic carbocycles. The first-order chi connectivity index (χ1) is 13.2. The second-order valence-corrected chi connectivity index (χ2v) is 7.58. The molecular weight excluding hydrogens is 326 g/mol. The molecular formula is C26H23N. The molecule has 1 unspecified atom stereocenters. The van der Waals surface area contributed by atoms with Crippen molar-refractivity contribution in [2.24, 2.45) is 11.7 Å². The van der Waals surface area contributed by atoms with Crippen LogP contribution in [0.4, 0.5) is 0 Å². The van der Waals surface area contributed by atoms with Gasteiger partial charge in [0.1, 0.15) is 0 Å². The second-order valence-electron chi connectivity index (χ2n) is 7.58. The average Bonchev–Trinajstić information content (AvgIpc) is 3.14. The van der Waals surface area contributed by atoms with E-state index < -0.39 is 0 Å². The fourth-order valence-electron chi connectivity index (χ4n) is 5.53. The van der Waals surface area contributed by atoms with Crippen molar-refractivity contribution in [3.63, 3.8) is 0 Å². The van der Waals surface area contributed by atoms with E-state index >= 15 is 0 Å². The molecule has 1 heteroatoms. The van der Waals surface area contributed by atoms with Crippen molar-refractivity contribution < 1.29 is 0 Å². The fourth-order valence-corrected chi connectivity index (χ4v) is 5.53. The van der Waals surface area contributed by atoms with Crippen LogP contribution in [0.25, 0.3) is 16.7 Å². The Bertz CT molecular complexity index is 1060. The number of benzene rings is 3. The Balaban J connectivity index is 1.96. The van der Waals surface area contributed by atoms with Gasteiger partial charge in [-0.15, -0.1) is 0 Å². The van der Waals surface area contributed by atoms with Gasteiger partial charge in [-0.25, -0.2) is 0 Å². The van der Waals surface area contributed by atoms with Gasteiger partial charge >= 0.3 is 0 Å². The van der Waals surface area contributed by atoms with E-state index in [0.717, 1.165) is 6.42 Å². The lowest BCUT2D eigenvalue weighted by molar-refractivity contribution is 0.479. The molecule has 0 aromatic heterocycles. The van der Waals surface area contributed by atoms with Gasteiger partial charge in [0.25, 0.3) is 0 Å². The van der Waals surface area contributed by atoms with Crippen LogP contribution < -0.4 is 5.73 Å². The van der Waals surface area contributed by atoms with Gasteiger partial charge in [0.05, 0.1) is 5.41 Å². The Morgan fingerprint density at radius 2 is 1.30 bits per heavy atom. The fraction of sp³-hybridized carbons (Fsp3) is 0.154. The van der Waals surface area contributed by atoms with E-state index in [0.29, 0.717) is 11.6 Å². The quantitative estimate of drug-likeness (QED) is 0.613. The van der Waals surface area contributed by atoms with Crippen molar-refractivity contribution in [3.8, 4) is 11.1 Å². The summed E-state index contributed by atoms with van der Waals surface area (Å²) in [6, 6.07) is 26.6. The zero-order chi connectivity index (χ0) is 18.6. The Morgan fingerprint density at radius 3 is 1.78 bits per heavy atom. The van der Waals surface area contributed by atoms with Gasteiger partial charge in [0.15, 0.2) is 0 Å². The molecule has 0 aliphatic heterocycles. The van der Waals surface area contributed by atoms with Crippen LogP contribution in [0.5, 0.6) is 0 Å². The Morgan fingerprint density at radius 1 is 0.852 bits per heavy atom. The molecule has 2 aliphatic rings. The summed E-state index contributed by atoms with van der Waals surface area (Å²) < 4.78 is 0. The first-order valence-corrected chi connectivity index (χ1v) is 9.64. The molecule has 0 heterocycles. The third kappa shape index (κ3) is 1.94. The normalized spacial score (nSPS) is 19.7. The van der Waals surface area contributed by atoms with Crippen molar-refractivity contribution in [2.45, 2.75) is 18.8 Å². The van der Waals surface area contributed by atoms with E-state index in [-0.39, 0.29) is 5.41 Å². The minimum atomic E-state index is -0.153. The zero-order valence-corrected chi connectivity index (χ0v) is 15.6. The lowest BCUT2D eigenvalue weighted by Crippen LogP contribution is -2.32. The van der Waals surface area contributed by atoms with Crippen LogP contribution in [0, 0.1) is 5.92 Å². The number of allylic oxidation sites excluding steroid dienone is 2. The van der Waals surface area contributed by atoms with Crippen LogP contribution >= 0.6 is 0 Å². The van der Waals surface area contributed by atoms with Crippen LogP contribution in [0.3, 0.4) is 0 Å². The van der Waals surface area contributed by atoms with Gasteiger partial charge in [-0.2, -0.15) is 0 Å². The molecule has 0 radical (unpaired) electrons. The third-order valence-electron chi connectivity index (χ3n) is 6.30. The first-order valence-electron chi connectivity index (χ1n) is 9.64. The van der Waals surface area contributed by atoms with E-state index in [1.165, 1.54) is 39.0 Å². The van der Waals surface area contributed by atoms with Crippen LogP contribution in [-0.4, -0.2) is 0 Å². The number of nitrogens with two attached hydrogens (primary N) is 1. The molecule has 132 valence electrons. The zero-order valence-electron chi connectivity index (χ0n) is 15.6. The highest BCUT2D eigenvalue weighted by molar-refractivity contribution is 5.92. The Kier molecular flexibility index (Phi) is 3.42. The molecule has 5 rings (SSSR count). The van der Waals surface area contributed by atoms with Crippen LogP contribution in [-0.2, 0) is 5.41 Å². The summed E-state index contributed by atoms with van der Waals surface area (Å²) in [7, 11) is 0. The minimum Gasteiger partial charge on any atom is -0.399 e. The van der Waals surface area contributed by atoms with Crippen molar-refractivity contribution in [2.75, 3.05) is 0 Å². The van der Waals surface area contributed by atoms with Crippen molar-refractivity contribution in [1.82, 2.24) is 0 Å². The highest BCUT2D eigenvalue weighted by Gasteiger charge is 2.55. The Labute approximate surface area is 160 Å². The predicted molar refractivity (Wildman–Crippen MR) is 113 cm³/mol. The summed E-state index contributed by atoms with van der Waals surface area (Å²) in [5.41, 5.74) is 16.1. The maximum absolute atomic E-state index is 6.05. The molecule has 0 fully saturated rings.